The fraction of sp³-hybridized carbons (Fsp3) is 0.615. The fourth-order valence-electron chi connectivity index (χ4n) is 1.93. The van der Waals surface area contributed by atoms with Crippen LogP contribution in [0.1, 0.15) is 18.7 Å². The summed E-state index contributed by atoms with van der Waals surface area (Å²) < 4.78 is 5.12. The van der Waals surface area contributed by atoms with Gasteiger partial charge in [0.05, 0.1) is 13.2 Å². The highest BCUT2D eigenvalue weighted by Crippen LogP contribution is 2.29. The molecule has 0 unspecified atom stereocenters. The fourth-order valence-corrected chi connectivity index (χ4v) is 2.78. The summed E-state index contributed by atoms with van der Waals surface area (Å²) in [7, 11) is 0. The molecule has 100 valence electrons. The number of thiophene rings is 1. The van der Waals surface area contributed by atoms with Crippen molar-refractivity contribution < 1.29 is 9.53 Å². The molecule has 1 aliphatic heterocycles. The van der Waals surface area contributed by atoms with E-state index in [1.165, 1.54) is 4.88 Å². The Kier molecular flexibility index (Phi) is 3.75. The molecule has 2 heterocycles. The minimum absolute atomic E-state index is 0.0147. The van der Waals surface area contributed by atoms with Crippen LogP contribution in [-0.2, 0) is 14.9 Å². The first-order chi connectivity index (χ1) is 8.50. The molecule has 0 bridgehead atoms. The Morgan fingerprint density at radius 1 is 1.61 bits per heavy atom. The predicted octanol–water partition coefficient (Wildman–Crippen LogP) is 1.12. The number of carbonyl (C=O) groups excluding carboxylic acids is 1. The number of carbonyl (C=O) groups is 1. The van der Waals surface area contributed by atoms with Crippen molar-refractivity contribution in [1.82, 2.24) is 5.32 Å². The van der Waals surface area contributed by atoms with Crippen LogP contribution < -0.4 is 11.1 Å². The van der Waals surface area contributed by atoms with Crippen molar-refractivity contribution in [1.29, 1.82) is 0 Å². The van der Waals surface area contributed by atoms with Crippen molar-refractivity contribution in [2.75, 3.05) is 26.3 Å². The van der Waals surface area contributed by atoms with Gasteiger partial charge in [0.25, 0.3) is 0 Å². The molecule has 1 saturated heterocycles. The molecule has 3 N–H and O–H groups in total. The Morgan fingerprint density at radius 2 is 2.33 bits per heavy atom. The van der Waals surface area contributed by atoms with Gasteiger partial charge in [-0.15, -0.1) is 11.3 Å². The minimum Gasteiger partial charge on any atom is -0.379 e. The lowest BCUT2D eigenvalue weighted by molar-refractivity contribution is -0.159. The molecule has 1 aliphatic rings. The number of amides is 1. The van der Waals surface area contributed by atoms with Crippen LogP contribution in [0.3, 0.4) is 0 Å². The van der Waals surface area contributed by atoms with Crippen molar-refractivity contribution in [3.63, 3.8) is 0 Å². The molecule has 2 rings (SSSR count). The number of nitrogens with one attached hydrogen (secondary N) is 1. The smallest absolute Gasteiger partial charge is 0.232 e. The van der Waals surface area contributed by atoms with Gasteiger partial charge in [-0.2, -0.15) is 0 Å². The maximum absolute atomic E-state index is 12.1. The maximum Gasteiger partial charge on any atom is 0.232 e. The summed E-state index contributed by atoms with van der Waals surface area (Å²) in [5, 5.41) is 5.07. The van der Waals surface area contributed by atoms with Crippen LogP contribution in [-0.4, -0.2) is 32.2 Å². The third-order valence-corrected chi connectivity index (χ3v) is 4.74. The second-order valence-corrected chi connectivity index (χ2v) is 6.47. The molecule has 0 spiro atoms. The molecular weight excluding hydrogens is 248 g/mol. The molecule has 0 atom stereocenters. The molecule has 4 nitrogen and oxygen atoms in total. The molecular formula is C13H20N2O2S. The molecule has 5 heteroatoms. The van der Waals surface area contributed by atoms with Gasteiger partial charge in [0.2, 0.25) is 5.91 Å². The molecule has 0 aromatic carbocycles. The largest absolute Gasteiger partial charge is 0.379 e. The summed E-state index contributed by atoms with van der Waals surface area (Å²) in [5.74, 6) is 0.0147. The van der Waals surface area contributed by atoms with Crippen LogP contribution >= 0.6 is 11.3 Å². The van der Waals surface area contributed by atoms with Crippen molar-refractivity contribution in [3.05, 3.63) is 22.4 Å². The van der Waals surface area contributed by atoms with E-state index >= 15 is 0 Å². The highest BCUT2D eigenvalue weighted by atomic mass is 32.1. The van der Waals surface area contributed by atoms with Gasteiger partial charge in [-0.25, -0.2) is 0 Å². The molecule has 1 amide bonds. The normalized spacial score (nSPS) is 18.2. The van der Waals surface area contributed by atoms with Gasteiger partial charge in [0.1, 0.15) is 5.41 Å². The summed E-state index contributed by atoms with van der Waals surface area (Å²) in [6.45, 7) is 6.10. The van der Waals surface area contributed by atoms with Crippen LogP contribution in [0, 0.1) is 5.41 Å². The highest BCUT2D eigenvalue weighted by Gasteiger charge is 2.45. The van der Waals surface area contributed by atoms with E-state index in [0.29, 0.717) is 26.3 Å². The van der Waals surface area contributed by atoms with Crippen molar-refractivity contribution in [2.45, 2.75) is 19.3 Å². The number of ether oxygens (including phenoxy) is 1. The quantitative estimate of drug-likeness (QED) is 0.841. The Morgan fingerprint density at radius 3 is 2.78 bits per heavy atom. The zero-order valence-corrected chi connectivity index (χ0v) is 11.7. The van der Waals surface area contributed by atoms with Gasteiger partial charge >= 0.3 is 0 Å². The van der Waals surface area contributed by atoms with Gasteiger partial charge in [-0.3, -0.25) is 4.79 Å². The third-order valence-electron chi connectivity index (χ3n) is 3.51. The summed E-state index contributed by atoms with van der Waals surface area (Å²) in [6.07, 6.45) is 0. The average molecular weight is 268 g/mol. The van der Waals surface area contributed by atoms with E-state index in [1.807, 2.05) is 6.07 Å². The van der Waals surface area contributed by atoms with Crippen molar-refractivity contribution in [3.8, 4) is 0 Å². The van der Waals surface area contributed by atoms with E-state index in [4.69, 9.17) is 10.5 Å². The Balaban J connectivity index is 1.93. The van der Waals surface area contributed by atoms with E-state index in [-0.39, 0.29) is 11.3 Å². The van der Waals surface area contributed by atoms with E-state index in [2.05, 4.69) is 30.6 Å². The number of hydrogen-bond acceptors (Lipinski definition) is 4. The minimum atomic E-state index is -0.495. The van der Waals surface area contributed by atoms with E-state index < -0.39 is 5.41 Å². The van der Waals surface area contributed by atoms with Gasteiger partial charge in [-0.1, -0.05) is 19.9 Å². The molecule has 0 saturated carbocycles. The van der Waals surface area contributed by atoms with Crippen molar-refractivity contribution in [2.24, 2.45) is 11.1 Å². The third kappa shape index (κ3) is 2.43. The zero-order valence-electron chi connectivity index (χ0n) is 10.9. The first kappa shape index (κ1) is 13.5. The van der Waals surface area contributed by atoms with Crippen LogP contribution in [0.4, 0.5) is 0 Å². The van der Waals surface area contributed by atoms with Crippen LogP contribution in [0.5, 0.6) is 0 Å². The first-order valence-corrected chi connectivity index (χ1v) is 6.98. The second kappa shape index (κ2) is 4.99. The Labute approximate surface area is 112 Å². The van der Waals surface area contributed by atoms with E-state index in [1.54, 1.807) is 11.3 Å². The summed E-state index contributed by atoms with van der Waals surface area (Å²) >= 11 is 1.71. The van der Waals surface area contributed by atoms with Gasteiger partial charge in [-0.05, 0) is 11.4 Å². The molecule has 1 fully saturated rings. The van der Waals surface area contributed by atoms with Gasteiger partial charge in [0, 0.05) is 23.4 Å². The van der Waals surface area contributed by atoms with Gasteiger partial charge in [0.15, 0.2) is 0 Å². The molecule has 18 heavy (non-hydrogen) atoms. The lowest BCUT2D eigenvalue weighted by Crippen LogP contribution is -2.59. The number of nitrogens with two attached hydrogens (primary N) is 1. The molecule has 0 radical (unpaired) electrons. The van der Waals surface area contributed by atoms with Crippen LogP contribution in [0.15, 0.2) is 17.5 Å². The number of hydrogen-bond donors (Lipinski definition) is 2. The lowest BCUT2D eigenvalue weighted by Gasteiger charge is -2.39. The summed E-state index contributed by atoms with van der Waals surface area (Å²) in [5.41, 5.74) is 5.12. The SMILES string of the molecule is CC(C)(CNC(=O)C1(CN)COC1)c1cccs1. The summed E-state index contributed by atoms with van der Waals surface area (Å²) in [6, 6.07) is 4.13. The monoisotopic (exact) mass is 268 g/mol. The molecule has 1 aromatic rings. The number of rotatable bonds is 5. The lowest BCUT2D eigenvalue weighted by atomic mass is 9.84. The van der Waals surface area contributed by atoms with E-state index in [9.17, 15) is 4.79 Å². The summed E-state index contributed by atoms with van der Waals surface area (Å²) in [4.78, 5) is 13.4. The van der Waals surface area contributed by atoms with Gasteiger partial charge < -0.3 is 15.8 Å². The zero-order chi connectivity index (χ0) is 13.2. The van der Waals surface area contributed by atoms with E-state index in [0.717, 1.165) is 0 Å². The van der Waals surface area contributed by atoms with Crippen molar-refractivity contribution >= 4 is 17.2 Å². The molecule has 0 aliphatic carbocycles. The highest BCUT2D eigenvalue weighted by molar-refractivity contribution is 7.10. The Bertz CT molecular complexity index is 405. The topological polar surface area (TPSA) is 64.4 Å². The maximum atomic E-state index is 12.1. The standard InChI is InChI=1S/C13H20N2O2S/c1-12(2,10-4-3-5-18-10)7-15-11(16)13(6-14)8-17-9-13/h3-5H,6-9,14H2,1-2H3,(H,15,16). The first-order valence-electron chi connectivity index (χ1n) is 6.10. The van der Waals surface area contributed by atoms with Crippen LogP contribution in [0.2, 0.25) is 0 Å². The van der Waals surface area contributed by atoms with Crippen LogP contribution in [0.25, 0.3) is 0 Å². The Hall–Kier alpha value is -0.910. The molecule has 1 aromatic heterocycles. The predicted molar refractivity (Wildman–Crippen MR) is 72.7 cm³/mol. The average Bonchev–Trinajstić information content (AvgIpc) is 2.80. The second-order valence-electron chi connectivity index (χ2n) is 5.52.